The summed E-state index contributed by atoms with van der Waals surface area (Å²) in [6.07, 6.45) is 1.88. The molecule has 112 valence electrons. The largest absolute Gasteiger partial charge is 0.453 e. The van der Waals surface area contributed by atoms with E-state index in [2.05, 4.69) is 0 Å². The van der Waals surface area contributed by atoms with Gasteiger partial charge in [-0.1, -0.05) is 17.7 Å². The number of ether oxygens (including phenoxy) is 3. The molecule has 4 heteroatoms. The van der Waals surface area contributed by atoms with Crippen LogP contribution < -0.4 is 0 Å². The van der Waals surface area contributed by atoms with Gasteiger partial charge < -0.3 is 14.2 Å². The molecular weight excluding hydrogens is 268 g/mol. The first-order valence-electron chi connectivity index (χ1n) is 7.62. The summed E-state index contributed by atoms with van der Waals surface area (Å²) in [4.78, 5) is 12.1. The zero-order valence-corrected chi connectivity index (χ0v) is 12.6. The van der Waals surface area contributed by atoms with E-state index in [0.29, 0.717) is 5.56 Å². The van der Waals surface area contributed by atoms with Crippen LogP contribution in [0.1, 0.15) is 54.3 Å². The van der Waals surface area contributed by atoms with Gasteiger partial charge in [-0.25, -0.2) is 4.79 Å². The van der Waals surface area contributed by atoms with Gasteiger partial charge in [0.2, 0.25) is 0 Å². The summed E-state index contributed by atoms with van der Waals surface area (Å²) >= 11 is 0. The zero-order chi connectivity index (χ0) is 14.8. The van der Waals surface area contributed by atoms with Crippen LogP contribution in [0.5, 0.6) is 0 Å². The summed E-state index contributed by atoms with van der Waals surface area (Å²) in [5, 5.41) is 0. The molecule has 1 saturated carbocycles. The van der Waals surface area contributed by atoms with Crippen molar-refractivity contribution >= 4 is 5.97 Å². The Morgan fingerprint density at radius 2 is 2.00 bits per heavy atom. The summed E-state index contributed by atoms with van der Waals surface area (Å²) in [7, 11) is 0. The number of fused-ring (bicyclic) bond motifs is 2. The second-order valence-corrected chi connectivity index (χ2v) is 6.80. The van der Waals surface area contributed by atoms with E-state index in [0.717, 1.165) is 24.0 Å². The molecule has 4 unspecified atom stereocenters. The van der Waals surface area contributed by atoms with Gasteiger partial charge in [0.15, 0.2) is 5.79 Å². The van der Waals surface area contributed by atoms with Gasteiger partial charge in [0.1, 0.15) is 6.10 Å². The molecule has 21 heavy (non-hydrogen) atoms. The fourth-order valence-electron chi connectivity index (χ4n) is 3.95. The normalized spacial score (nSPS) is 36.4. The Hall–Kier alpha value is -1.39. The quantitative estimate of drug-likeness (QED) is 0.745. The second-order valence-electron chi connectivity index (χ2n) is 6.80. The van der Waals surface area contributed by atoms with E-state index in [1.165, 1.54) is 0 Å². The number of rotatable bonds is 1. The summed E-state index contributed by atoms with van der Waals surface area (Å²) < 4.78 is 17.7. The third kappa shape index (κ3) is 2.00. The molecule has 2 fully saturated rings. The molecular formula is C17H20O4. The lowest BCUT2D eigenvalue weighted by Crippen LogP contribution is -2.29. The van der Waals surface area contributed by atoms with Crippen LogP contribution >= 0.6 is 0 Å². The standard InChI is InChI=1S/C17H20O4/c1-9-4-5-10-12(8-9)16(18)19-14(10)11-6-7-13-15(11)21-17(2,3)20-13/h4-5,8,11,13-15H,6-7H2,1-3H3. The SMILES string of the molecule is Cc1ccc2c(c1)C(=O)OC2C1CCC2OC(C)(C)OC21. The Morgan fingerprint density at radius 1 is 1.19 bits per heavy atom. The van der Waals surface area contributed by atoms with Gasteiger partial charge in [0.05, 0.1) is 17.8 Å². The molecule has 0 N–H and O–H groups in total. The summed E-state index contributed by atoms with van der Waals surface area (Å²) in [5.74, 6) is -0.558. The fourth-order valence-corrected chi connectivity index (χ4v) is 3.95. The van der Waals surface area contributed by atoms with E-state index < -0.39 is 5.79 Å². The molecule has 4 rings (SSSR count). The second kappa shape index (κ2) is 4.31. The Bertz CT molecular complexity index is 607. The third-order valence-electron chi connectivity index (χ3n) is 4.79. The smallest absolute Gasteiger partial charge is 0.339 e. The highest BCUT2D eigenvalue weighted by atomic mass is 16.8. The van der Waals surface area contributed by atoms with E-state index in [1.807, 2.05) is 39.0 Å². The molecule has 0 bridgehead atoms. The van der Waals surface area contributed by atoms with Crippen molar-refractivity contribution in [3.8, 4) is 0 Å². The number of hydrogen-bond donors (Lipinski definition) is 0. The number of aryl methyl sites for hydroxylation is 1. The van der Waals surface area contributed by atoms with Gasteiger partial charge in [0.25, 0.3) is 0 Å². The zero-order valence-electron chi connectivity index (χ0n) is 12.6. The number of esters is 1. The Labute approximate surface area is 124 Å². The van der Waals surface area contributed by atoms with E-state index >= 15 is 0 Å². The number of hydrogen-bond acceptors (Lipinski definition) is 4. The van der Waals surface area contributed by atoms with E-state index in [1.54, 1.807) is 0 Å². The number of carbonyl (C=O) groups excluding carboxylic acids is 1. The van der Waals surface area contributed by atoms with Crippen molar-refractivity contribution in [3.63, 3.8) is 0 Å². The molecule has 0 spiro atoms. The van der Waals surface area contributed by atoms with E-state index in [9.17, 15) is 4.79 Å². The van der Waals surface area contributed by atoms with Gasteiger partial charge in [-0.2, -0.15) is 0 Å². The first-order valence-corrected chi connectivity index (χ1v) is 7.62. The van der Waals surface area contributed by atoms with Crippen molar-refractivity contribution in [2.24, 2.45) is 5.92 Å². The van der Waals surface area contributed by atoms with Crippen LogP contribution in [0.4, 0.5) is 0 Å². The highest BCUT2D eigenvalue weighted by Gasteiger charge is 2.53. The summed E-state index contributed by atoms with van der Waals surface area (Å²) in [5.41, 5.74) is 2.79. The van der Waals surface area contributed by atoms with Crippen LogP contribution in [0.15, 0.2) is 18.2 Å². The third-order valence-corrected chi connectivity index (χ3v) is 4.79. The minimum Gasteiger partial charge on any atom is -0.453 e. The maximum atomic E-state index is 12.1. The van der Waals surface area contributed by atoms with Crippen molar-refractivity contribution < 1.29 is 19.0 Å². The van der Waals surface area contributed by atoms with Crippen LogP contribution in [0.2, 0.25) is 0 Å². The van der Waals surface area contributed by atoms with Crippen LogP contribution in [0.25, 0.3) is 0 Å². The van der Waals surface area contributed by atoms with Crippen molar-refractivity contribution in [2.75, 3.05) is 0 Å². The molecule has 1 aromatic rings. The van der Waals surface area contributed by atoms with Crippen molar-refractivity contribution in [1.82, 2.24) is 0 Å². The summed E-state index contributed by atoms with van der Waals surface area (Å²) in [6, 6.07) is 5.98. The van der Waals surface area contributed by atoms with Crippen LogP contribution in [0.3, 0.4) is 0 Å². The van der Waals surface area contributed by atoms with Crippen LogP contribution in [-0.4, -0.2) is 24.0 Å². The molecule has 4 nitrogen and oxygen atoms in total. The predicted molar refractivity (Wildman–Crippen MR) is 75.9 cm³/mol. The number of cyclic esters (lactones) is 1. The van der Waals surface area contributed by atoms with Crippen LogP contribution in [-0.2, 0) is 14.2 Å². The van der Waals surface area contributed by atoms with Crippen molar-refractivity contribution in [2.45, 2.75) is 57.7 Å². The molecule has 2 heterocycles. The topological polar surface area (TPSA) is 44.8 Å². The Morgan fingerprint density at radius 3 is 2.81 bits per heavy atom. The highest BCUT2D eigenvalue weighted by molar-refractivity contribution is 5.94. The predicted octanol–water partition coefficient (Wildman–Crippen LogP) is 3.14. The monoisotopic (exact) mass is 288 g/mol. The number of carbonyl (C=O) groups is 1. The average molecular weight is 288 g/mol. The fraction of sp³-hybridized carbons (Fsp3) is 0.588. The minimum atomic E-state index is -0.535. The van der Waals surface area contributed by atoms with Gasteiger partial charge >= 0.3 is 5.97 Å². The molecule has 0 aromatic heterocycles. The lowest BCUT2D eigenvalue weighted by molar-refractivity contribution is -0.160. The molecule has 2 aliphatic heterocycles. The van der Waals surface area contributed by atoms with Crippen LogP contribution in [0, 0.1) is 12.8 Å². The van der Waals surface area contributed by atoms with Gasteiger partial charge in [0, 0.05) is 11.5 Å². The molecule has 0 amide bonds. The lowest BCUT2D eigenvalue weighted by Gasteiger charge is -2.25. The van der Waals surface area contributed by atoms with Crippen molar-refractivity contribution in [3.05, 3.63) is 34.9 Å². The molecule has 4 atom stereocenters. The molecule has 3 aliphatic rings. The highest BCUT2D eigenvalue weighted by Crippen LogP contribution is 2.49. The van der Waals surface area contributed by atoms with E-state index in [4.69, 9.17) is 14.2 Å². The maximum absolute atomic E-state index is 12.1. The molecule has 1 aliphatic carbocycles. The first kappa shape index (κ1) is 13.3. The summed E-state index contributed by atoms with van der Waals surface area (Å²) in [6.45, 7) is 5.88. The molecule has 1 saturated heterocycles. The van der Waals surface area contributed by atoms with Gasteiger partial charge in [-0.05, 0) is 39.7 Å². The maximum Gasteiger partial charge on any atom is 0.339 e. The minimum absolute atomic E-state index is 0.0186. The number of benzene rings is 1. The Balaban J connectivity index is 1.66. The van der Waals surface area contributed by atoms with E-state index in [-0.39, 0.29) is 30.2 Å². The van der Waals surface area contributed by atoms with Gasteiger partial charge in [-0.3, -0.25) is 0 Å². The Kier molecular flexibility index (Phi) is 2.72. The lowest BCUT2D eigenvalue weighted by atomic mass is 9.91. The molecule has 0 radical (unpaired) electrons. The molecule has 1 aromatic carbocycles. The van der Waals surface area contributed by atoms with Crippen molar-refractivity contribution in [1.29, 1.82) is 0 Å². The average Bonchev–Trinajstić information content (AvgIpc) is 3.00. The van der Waals surface area contributed by atoms with Gasteiger partial charge in [-0.15, -0.1) is 0 Å². The first-order chi connectivity index (χ1) is 9.94.